The smallest absolute Gasteiger partial charge is 0.311 e. The molecule has 0 bridgehead atoms. The molecule has 0 aliphatic heterocycles. The minimum Gasteiger partial charge on any atom is -0.481 e. The van der Waals surface area contributed by atoms with Crippen LogP contribution < -0.4 is 0 Å². The number of hydrogen-bond acceptors (Lipinski definition) is 3. The molecule has 0 aromatic carbocycles. The van der Waals surface area contributed by atoms with Gasteiger partial charge in [0.25, 0.3) is 0 Å². The van der Waals surface area contributed by atoms with Crippen LogP contribution in [0.1, 0.15) is 9.14 Å². The fourth-order valence-corrected chi connectivity index (χ4v) is 0.505. The molecule has 0 aliphatic carbocycles. The fraction of sp³-hybridized carbons (Fsp3) is 0.333. The maximum absolute atomic E-state index is 10.8. The van der Waals surface area contributed by atoms with E-state index in [1.807, 2.05) is 0 Å². The average molecular weight is 162 g/mol. The first kappa shape index (κ1) is 5.97. The molecule has 1 unspecified atom stereocenters. The van der Waals surface area contributed by atoms with Gasteiger partial charge in [0.1, 0.15) is 6.40 Å². The largest absolute Gasteiger partial charge is 0.481 e. The quantitative estimate of drug-likeness (QED) is 0.493. The van der Waals surface area contributed by atoms with Crippen molar-refractivity contribution in [2.75, 3.05) is 6.26 Å². The Morgan fingerprint density at radius 3 is 2.90 bits per heavy atom. The van der Waals surface area contributed by atoms with E-state index in [1.165, 1.54) is 5.41 Å². The van der Waals surface area contributed by atoms with Crippen molar-refractivity contribution in [3.05, 3.63) is 11.5 Å². The molecule has 0 spiro atoms. The lowest BCUT2D eigenvalue weighted by Gasteiger charge is -1.85. The molecule has 0 aromatic heterocycles. The van der Waals surface area contributed by atoms with Crippen molar-refractivity contribution < 1.29 is 17.4 Å². The fourth-order valence-electron chi connectivity index (χ4n) is 0.271. The van der Waals surface area contributed by atoms with E-state index in [0.29, 0.717) is 0 Å². The van der Waals surface area contributed by atoms with Crippen LogP contribution in [0.5, 0.6) is 0 Å². The summed E-state index contributed by atoms with van der Waals surface area (Å²) in [5.74, 6) is -2.52. The van der Waals surface area contributed by atoms with E-state index in [1.54, 1.807) is 6.26 Å². The summed E-state index contributed by atoms with van der Waals surface area (Å²) in [5, 5.41) is 9.45. The summed E-state index contributed by atoms with van der Waals surface area (Å²) in [6.07, 6.45) is -0.234. The van der Waals surface area contributed by atoms with Crippen LogP contribution in [0.25, 0.3) is 0 Å². The maximum Gasteiger partial charge on any atom is 0.311 e. The third kappa shape index (κ3) is 5.37. The molecule has 0 rings (SSSR count). The number of rotatable bonds is 4. The van der Waals surface area contributed by atoms with Crippen LogP contribution >= 0.6 is 11.8 Å². The molecular formula is C6H8O3S. The number of ketones is 1. The van der Waals surface area contributed by atoms with E-state index in [2.05, 4.69) is 0 Å². The Bertz CT molecular complexity index is 227. The molecule has 0 saturated heterocycles. The lowest BCUT2D eigenvalue weighted by molar-refractivity contribution is -0.139. The first-order valence-electron chi connectivity index (χ1n) is 3.47. The predicted molar refractivity (Wildman–Crippen MR) is 39.9 cm³/mol. The molecule has 3 nitrogen and oxygen atoms in total. The van der Waals surface area contributed by atoms with Crippen LogP contribution in [0.2, 0.25) is 0 Å². The van der Waals surface area contributed by atoms with Gasteiger partial charge >= 0.3 is 5.97 Å². The monoisotopic (exact) mass is 162 g/mol. The number of carboxylic acid groups (broad SMARTS) is 1. The topological polar surface area (TPSA) is 54.4 Å². The molecule has 0 aliphatic rings. The van der Waals surface area contributed by atoms with Crippen LogP contribution in [0.3, 0.4) is 0 Å². The number of hydrogen-bond donors (Lipinski definition) is 1. The molecule has 0 saturated carbocycles. The third-order valence-corrected chi connectivity index (χ3v) is 0.927. The first-order chi connectivity index (χ1) is 5.50. The van der Waals surface area contributed by atoms with E-state index in [9.17, 15) is 9.59 Å². The molecule has 0 amide bonds. The summed E-state index contributed by atoms with van der Waals surface area (Å²) >= 11 is 1.12. The van der Waals surface area contributed by atoms with Crippen LogP contribution in [-0.2, 0) is 9.59 Å². The highest BCUT2D eigenvalue weighted by atomic mass is 32.2. The standard InChI is InChI=1S/C6H8O3S/c1-10-3-2-5(7)4-6(8)9/h2-3H,4H2,1H3,(H,8,9)/b3-2+/i2D,4D. The molecule has 0 radical (unpaired) electrons. The van der Waals surface area contributed by atoms with Gasteiger partial charge in [-0.1, -0.05) is 0 Å². The lowest BCUT2D eigenvalue weighted by atomic mass is 10.3. The van der Waals surface area contributed by atoms with Gasteiger partial charge in [-0.05, 0) is 17.7 Å². The Labute approximate surface area is 65.9 Å². The zero-order chi connectivity index (χ0) is 9.72. The summed E-state index contributed by atoms with van der Waals surface area (Å²) < 4.78 is 13.8. The molecule has 56 valence electrons. The molecular weight excluding hydrogens is 152 g/mol. The summed E-state index contributed by atoms with van der Waals surface area (Å²) in [6, 6.07) is -0.440. The van der Waals surface area contributed by atoms with E-state index < -0.39 is 24.2 Å². The minimum absolute atomic E-state index is 0.440. The summed E-state index contributed by atoms with van der Waals surface area (Å²) in [6.45, 7) is 0. The number of thioether (sulfide) groups is 1. The molecule has 0 fully saturated rings. The van der Waals surface area contributed by atoms with Gasteiger partial charge in [-0.15, -0.1) is 11.8 Å². The van der Waals surface area contributed by atoms with Crippen LogP contribution in [0.4, 0.5) is 0 Å². The second-order valence-electron chi connectivity index (χ2n) is 1.34. The van der Waals surface area contributed by atoms with Crippen LogP contribution in [0.15, 0.2) is 11.5 Å². The van der Waals surface area contributed by atoms with E-state index in [0.717, 1.165) is 11.8 Å². The number of carbonyl (C=O) groups is 2. The van der Waals surface area contributed by atoms with E-state index >= 15 is 0 Å². The molecule has 0 aromatic rings. The van der Waals surface area contributed by atoms with Crippen molar-refractivity contribution in [2.24, 2.45) is 0 Å². The highest BCUT2D eigenvalue weighted by Gasteiger charge is 2.01. The van der Waals surface area contributed by atoms with Crippen molar-refractivity contribution in [2.45, 2.75) is 6.40 Å². The third-order valence-electron chi connectivity index (χ3n) is 0.574. The number of carboxylic acids is 1. The highest BCUT2D eigenvalue weighted by molar-refractivity contribution is 8.01. The van der Waals surface area contributed by atoms with Crippen molar-refractivity contribution in [3.63, 3.8) is 0 Å². The zero-order valence-electron chi connectivity index (χ0n) is 7.33. The van der Waals surface area contributed by atoms with E-state index in [4.69, 9.17) is 7.85 Å². The van der Waals surface area contributed by atoms with Crippen molar-refractivity contribution in [3.8, 4) is 0 Å². The normalized spacial score (nSPS) is 17.1. The van der Waals surface area contributed by atoms with Gasteiger partial charge in [-0.2, -0.15) is 0 Å². The Kier molecular flexibility index (Phi) is 3.02. The van der Waals surface area contributed by atoms with Gasteiger partial charge < -0.3 is 5.11 Å². The van der Waals surface area contributed by atoms with Crippen LogP contribution in [0, 0.1) is 0 Å². The number of carbonyl (C=O) groups excluding carboxylic acids is 1. The SMILES string of the molecule is [2H]/C(=C\SC)C(=O)C([2H])C(=O)O. The van der Waals surface area contributed by atoms with Crippen molar-refractivity contribution >= 4 is 23.5 Å². The Hall–Kier alpha value is -0.770. The number of aliphatic carboxylic acids is 1. The first-order valence-corrected chi connectivity index (χ1v) is 3.68. The van der Waals surface area contributed by atoms with Gasteiger partial charge in [-0.25, -0.2) is 0 Å². The van der Waals surface area contributed by atoms with Crippen molar-refractivity contribution in [1.29, 1.82) is 0 Å². The predicted octanol–water partition coefficient (Wildman–Crippen LogP) is 0.907. The lowest BCUT2D eigenvalue weighted by Crippen LogP contribution is -2.02. The molecule has 4 heteroatoms. The van der Waals surface area contributed by atoms with Crippen LogP contribution in [-0.4, -0.2) is 23.1 Å². The highest BCUT2D eigenvalue weighted by Crippen LogP contribution is 1.94. The molecule has 1 N–H and O–H groups in total. The minimum atomic E-state index is -1.87. The molecule has 10 heavy (non-hydrogen) atoms. The summed E-state index contributed by atoms with van der Waals surface area (Å²) in [4.78, 5) is 21.0. The van der Waals surface area contributed by atoms with Gasteiger partial charge in [0.2, 0.25) is 0 Å². The zero-order valence-corrected chi connectivity index (χ0v) is 6.14. The van der Waals surface area contributed by atoms with Gasteiger partial charge in [0, 0.05) is 1.37 Å². The Morgan fingerprint density at radius 1 is 1.90 bits per heavy atom. The molecule has 1 atom stereocenters. The van der Waals surface area contributed by atoms with Gasteiger partial charge in [-0.3, -0.25) is 9.59 Å². The van der Waals surface area contributed by atoms with Crippen molar-refractivity contribution in [1.82, 2.24) is 0 Å². The molecule has 0 heterocycles. The Morgan fingerprint density at radius 2 is 2.50 bits per heavy atom. The Balaban J connectivity index is 4.39. The van der Waals surface area contributed by atoms with E-state index in [-0.39, 0.29) is 0 Å². The average Bonchev–Trinajstić information content (AvgIpc) is 2.02. The second-order valence-corrected chi connectivity index (χ2v) is 2.05. The van der Waals surface area contributed by atoms with Gasteiger partial charge in [0.05, 0.1) is 1.37 Å². The second kappa shape index (κ2) is 5.05. The summed E-state index contributed by atoms with van der Waals surface area (Å²) in [5.41, 5.74) is 0. The summed E-state index contributed by atoms with van der Waals surface area (Å²) in [7, 11) is 0. The number of allylic oxidation sites excluding steroid dienone is 1. The van der Waals surface area contributed by atoms with Gasteiger partial charge in [0.15, 0.2) is 5.78 Å². The maximum atomic E-state index is 10.8.